The normalized spacial score (nSPS) is 10.7. The molecule has 0 aliphatic heterocycles. The van der Waals surface area contributed by atoms with Crippen LogP contribution in [0, 0.1) is 5.82 Å². The molecule has 1 aromatic heterocycles. The van der Waals surface area contributed by atoms with Crippen molar-refractivity contribution in [3.8, 4) is 17.2 Å². The number of halogens is 1. The van der Waals surface area contributed by atoms with E-state index in [0.29, 0.717) is 22.2 Å². The first-order chi connectivity index (χ1) is 14.1. The van der Waals surface area contributed by atoms with Crippen LogP contribution in [0.15, 0.2) is 83.8 Å². The number of ether oxygens (including phenoxy) is 2. The number of esters is 1. The van der Waals surface area contributed by atoms with Crippen molar-refractivity contribution in [1.29, 1.82) is 0 Å². The molecular weight excluding hydrogens is 373 g/mol. The molecule has 4 rings (SSSR count). The fourth-order valence-corrected chi connectivity index (χ4v) is 3.05. The summed E-state index contributed by atoms with van der Waals surface area (Å²) in [6, 6.07) is 18.9. The molecule has 6 heteroatoms. The average Bonchev–Trinajstić information content (AvgIpc) is 2.76. The SMILES string of the molecule is COc1ccc(-n2cc(C(=O)Oc3ccc(F)cc3)c3ccccc3c2=O)cc1. The predicted octanol–water partition coefficient (Wildman–Crippen LogP) is 4.36. The number of benzene rings is 3. The zero-order chi connectivity index (χ0) is 20.4. The molecule has 29 heavy (non-hydrogen) atoms. The number of carbonyl (C=O) groups is 1. The van der Waals surface area contributed by atoms with E-state index < -0.39 is 11.8 Å². The molecule has 0 amide bonds. The molecule has 5 nitrogen and oxygen atoms in total. The first-order valence-electron chi connectivity index (χ1n) is 8.83. The highest BCUT2D eigenvalue weighted by Gasteiger charge is 2.17. The van der Waals surface area contributed by atoms with Gasteiger partial charge in [-0.15, -0.1) is 0 Å². The van der Waals surface area contributed by atoms with Gasteiger partial charge in [-0.2, -0.15) is 0 Å². The van der Waals surface area contributed by atoms with E-state index in [1.54, 1.807) is 55.6 Å². The van der Waals surface area contributed by atoms with Crippen molar-refractivity contribution in [2.75, 3.05) is 7.11 Å². The Morgan fingerprint density at radius 1 is 0.862 bits per heavy atom. The minimum absolute atomic E-state index is 0.211. The summed E-state index contributed by atoms with van der Waals surface area (Å²) in [5, 5.41) is 0.867. The molecule has 0 N–H and O–H groups in total. The van der Waals surface area contributed by atoms with Crippen LogP contribution in [0.5, 0.6) is 11.5 Å². The number of methoxy groups -OCH3 is 1. The molecule has 0 fully saturated rings. The van der Waals surface area contributed by atoms with Gasteiger partial charge in [0.15, 0.2) is 0 Å². The molecule has 0 atom stereocenters. The summed E-state index contributed by atoms with van der Waals surface area (Å²) in [4.78, 5) is 25.8. The van der Waals surface area contributed by atoms with Crippen LogP contribution < -0.4 is 15.0 Å². The van der Waals surface area contributed by atoms with Crippen molar-refractivity contribution in [3.63, 3.8) is 0 Å². The minimum atomic E-state index is -0.643. The van der Waals surface area contributed by atoms with Crippen LogP contribution in [0.3, 0.4) is 0 Å². The summed E-state index contributed by atoms with van der Waals surface area (Å²) in [6.45, 7) is 0. The lowest BCUT2D eigenvalue weighted by molar-refractivity contribution is 0.0736. The molecule has 0 spiro atoms. The van der Waals surface area contributed by atoms with Crippen LogP contribution in [-0.4, -0.2) is 17.6 Å². The predicted molar refractivity (Wildman–Crippen MR) is 107 cm³/mol. The van der Waals surface area contributed by atoms with Gasteiger partial charge in [0, 0.05) is 22.7 Å². The number of fused-ring (bicyclic) bond motifs is 1. The van der Waals surface area contributed by atoms with Crippen molar-refractivity contribution < 1.29 is 18.7 Å². The Morgan fingerprint density at radius 3 is 2.14 bits per heavy atom. The van der Waals surface area contributed by atoms with Gasteiger partial charge in [-0.05, 0) is 54.6 Å². The third kappa shape index (κ3) is 3.60. The lowest BCUT2D eigenvalue weighted by atomic mass is 10.1. The molecule has 0 saturated heterocycles. The van der Waals surface area contributed by atoms with Crippen LogP contribution in [0.4, 0.5) is 4.39 Å². The Morgan fingerprint density at radius 2 is 1.48 bits per heavy atom. The molecular formula is C23H16FNO4. The number of rotatable bonds is 4. The van der Waals surface area contributed by atoms with E-state index in [4.69, 9.17) is 9.47 Å². The summed E-state index contributed by atoms with van der Waals surface area (Å²) in [5.41, 5.74) is 0.543. The van der Waals surface area contributed by atoms with Crippen molar-refractivity contribution in [2.24, 2.45) is 0 Å². The Balaban J connectivity index is 1.84. The summed E-state index contributed by atoms with van der Waals surface area (Å²) in [5.74, 6) is -0.209. The molecule has 0 aliphatic carbocycles. The van der Waals surface area contributed by atoms with Crippen LogP contribution in [0.1, 0.15) is 10.4 Å². The van der Waals surface area contributed by atoms with Crippen LogP contribution in [0.25, 0.3) is 16.5 Å². The quantitative estimate of drug-likeness (QED) is 0.384. The topological polar surface area (TPSA) is 57.5 Å². The zero-order valence-corrected chi connectivity index (χ0v) is 15.5. The maximum Gasteiger partial charge on any atom is 0.345 e. The number of hydrogen-bond donors (Lipinski definition) is 0. The Kier molecular flexibility index (Phi) is 4.83. The monoisotopic (exact) mass is 389 g/mol. The third-order valence-electron chi connectivity index (χ3n) is 4.52. The van der Waals surface area contributed by atoms with Gasteiger partial charge < -0.3 is 9.47 Å². The third-order valence-corrected chi connectivity index (χ3v) is 4.52. The first-order valence-corrected chi connectivity index (χ1v) is 8.83. The molecule has 144 valence electrons. The maximum atomic E-state index is 13.1. The smallest absolute Gasteiger partial charge is 0.345 e. The van der Waals surface area contributed by atoms with Gasteiger partial charge in [-0.1, -0.05) is 18.2 Å². The summed E-state index contributed by atoms with van der Waals surface area (Å²) < 4.78 is 25.0. The van der Waals surface area contributed by atoms with E-state index >= 15 is 0 Å². The summed E-state index contributed by atoms with van der Waals surface area (Å²) >= 11 is 0. The van der Waals surface area contributed by atoms with Crippen molar-refractivity contribution in [2.45, 2.75) is 0 Å². The van der Waals surface area contributed by atoms with E-state index in [9.17, 15) is 14.0 Å². The fourth-order valence-electron chi connectivity index (χ4n) is 3.05. The molecule has 0 aliphatic rings. The van der Waals surface area contributed by atoms with E-state index in [1.807, 2.05) is 0 Å². The molecule has 0 saturated carbocycles. The van der Waals surface area contributed by atoms with Crippen molar-refractivity contribution in [1.82, 2.24) is 4.57 Å². The zero-order valence-electron chi connectivity index (χ0n) is 15.5. The standard InChI is InChI=1S/C23H16FNO4/c1-28-17-12-8-16(9-13-17)25-14-21(19-4-2-3-5-20(19)22(25)26)23(27)29-18-10-6-15(24)7-11-18/h2-14H,1H3. The van der Waals surface area contributed by atoms with Gasteiger partial charge in [-0.3, -0.25) is 9.36 Å². The molecule has 4 aromatic rings. The number of hydrogen-bond acceptors (Lipinski definition) is 4. The van der Waals surface area contributed by atoms with Gasteiger partial charge in [0.25, 0.3) is 5.56 Å². The van der Waals surface area contributed by atoms with E-state index in [2.05, 4.69) is 0 Å². The number of pyridine rings is 1. The number of aromatic nitrogens is 1. The van der Waals surface area contributed by atoms with E-state index in [1.165, 1.54) is 35.0 Å². The lowest BCUT2D eigenvalue weighted by Gasteiger charge is -2.12. The second-order valence-electron chi connectivity index (χ2n) is 6.30. The second-order valence-corrected chi connectivity index (χ2v) is 6.30. The van der Waals surface area contributed by atoms with Gasteiger partial charge in [0.1, 0.15) is 17.3 Å². The highest BCUT2D eigenvalue weighted by Crippen LogP contribution is 2.21. The largest absolute Gasteiger partial charge is 0.497 e. The molecule has 3 aromatic carbocycles. The fraction of sp³-hybridized carbons (Fsp3) is 0.0435. The lowest BCUT2D eigenvalue weighted by Crippen LogP contribution is -2.22. The van der Waals surface area contributed by atoms with Crippen molar-refractivity contribution in [3.05, 3.63) is 101 Å². The average molecular weight is 389 g/mol. The van der Waals surface area contributed by atoms with E-state index in [-0.39, 0.29) is 16.9 Å². The highest BCUT2D eigenvalue weighted by atomic mass is 19.1. The molecule has 0 bridgehead atoms. The maximum absolute atomic E-state index is 13.1. The highest BCUT2D eigenvalue weighted by molar-refractivity contribution is 6.04. The summed E-state index contributed by atoms with van der Waals surface area (Å²) in [7, 11) is 1.56. The van der Waals surface area contributed by atoms with E-state index in [0.717, 1.165) is 0 Å². The summed E-state index contributed by atoms with van der Waals surface area (Å²) in [6.07, 6.45) is 1.46. The number of nitrogens with zero attached hydrogens (tertiary/aromatic N) is 1. The van der Waals surface area contributed by atoms with Crippen LogP contribution in [0.2, 0.25) is 0 Å². The molecule has 0 unspecified atom stereocenters. The Hall–Kier alpha value is -3.93. The van der Waals surface area contributed by atoms with Crippen molar-refractivity contribution >= 4 is 16.7 Å². The minimum Gasteiger partial charge on any atom is -0.497 e. The van der Waals surface area contributed by atoms with Gasteiger partial charge in [0.05, 0.1) is 12.7 Å². The molecule has 1 heterocycles. The Bertz CT molecular complexity index is 1240. The molecule has 0 radical (unpaired) electrons. The van der Waals surface area contributed by atoms with Gasteiger partial charge in [-0.25, -0.2) is 9.18 Å². The van der Waals surface area contributed by atoms with Crippen LogP contribution in [-0.2, 0) is 0 Å². The van der Waals surface area contributed by atoms with Crippen LogP contribution >= 0.6 is 0 Å². The first kappa shape index (κ1) is 18.4. The van der Waals surface area contributed by atoms with Gasteiger partial charge >= 0.3 is 5.97 Å². The Labute approximate surface area is 165 Å². The number of carbonyl (C=O) groups excluding carboxylic acids is 1. The van der Waals surface area contributed by atoms with Gasteiger partial charge in [0.2, 0.25) is 0 Å². The second kappa shape index (κ2) is 7.59.